The molecule has 0 aliphatic rings. The van der Waals surface area contributed by atoms with Crippen LogP contribution in [-0.4, -0.2) is 9.99 Å². The Labute approximate surface area is 123 Å². The number of aromatic nitrogens is 1. The van der Waals surface area contributed by atoms with Gasteiger partial charge in [-0.2, -0.15) is 0 Å². The highest BCUT2D eigenvalue weighted by Crippen LogP contribution is 2.21. The second-order valence-electron chi connectivity index (χ2n) is 4.63. The highest BCUT2D eigenvalue weighted by atomic mass is 15.4. The molecule has 0 atom stereocenters. The average Bonchev–Trinajstić information content (AvgIpc) is 2.45. The fraction of sp³-hybridized carbons (Fsp3) is 0.0714. The Morgan fingerprint density at radius 2 is 1.81 bits per heavy atom. The van der Waals surface area contributed by atoms with Gasteiger partial charge in [0.05, 0.1) is 17.9 Å². The number of nitrogens with two attached hydrogens (primary N) is 5. The summed E-state index contributed by atoms with van der Waals surface area (Å²) in [4.78, 5) is 3.88. The van der Waals surface area contributed by atoms with Crippen LogP contribution in [-0.2, 0) is 6.54 Å². The van der Waals surface area contributed by atoms with Gasteiger partial charge in [-0.05, 0) is 11.6 Å². The van der Waals surface area contributed by atoms with E-state index in [2.05, 4.69) is 4.98 Å². The van der Waals surface area contributed by atoms with E-state index in [0.717, 1.165) is 5.56 Å². The predicted molar refractivity (Wildman–Crippen MR) is 85.8 cm³/mol. The molecule has 0 aliphatic carbocycles. The number of hydrazine groups is 1. The number of hydrogen-bond acceptors (Lipinski definition) is 7. The van der Waals surface area contributed by atoms with Gasteiger partial charge in [-0.1, -0.05) is 30.3 Å². The van der Waals surface area contributed by atoms with Crippen molar-refractivity contribution in [3.63, 3.8) is 0 Å². The molecule has 0 unspecified atom stereocenters. The summed E-state index contributed by atoms with van der Waals surface area (Å²) >= 11 is 0. The number of pyridine rings is 1. The second kappa shape index (κ2) is 6.02. The molecule has 0 saturated carbocycles. The predicted octanol–water partition coefficient (Wildman–Crippen LogP) is 0.461. The van der Waals surface area contributed by atoms with E-state index in [0.29, 0.717) is 29.3 Å². The molecule has 10 N–H and O–H groups in total. The van der Waals surface area contributed by atoms with Crippen molar-refractivity contribution < 1.29 is 0 Å². The van der Waals surface area contributed by atoms with Gasteiger partial charge in [-0.15, -0.1) is 0 Å². The molecule has 7 nitrogen and oxygen atoms in total. The second-order valence-corrected chi connectivity index (χ2v) is 4.63. The van der Waals surface area contributed by atoms with Gasteiger partial charge in [0.2, 0.25) is 0 Å². The van der Waals surface area contributed by atoms with Gasteiger partial charge in [0.25, 0.3) is 0 Å². The summed E-state index contributed by atoms with van der Waals surface area (Å²) in [6.45, 7) is 0.316. The molecule has 0 spiro atoms. The lowest BCUT2D eigenvalue weighted by Crippen LogP contribution is -2.26. The van der Waals surface area contributed by atoms with Gasteiger partial charge in [-0.3, -0.25) is 0 Å². The summed E-state index contributed by atoms with van der Waals surface area (Å²) in [5.74, 6) is 6.42. The van der Waals surface area contributed by atoms with Crippen molar-refractivity contribution in [2.75, 3.05) is 17.2 Å². The first-order chi connectivity index (χ1) is 9.97. The zero-order valence-corrected chi connectivity index (χ0v) is 11.5. The number of hydrogen-bond donors (Lipinski definition) is 5. The van der Waals surface area contributed by atoms with Crippen molar-refractivity contribution in [1.29, 1.82) is 0 Å². The Morgan fingerprint density at radius 1 is 1.14 bits per heavy atom. The van der Waals surface area contributed by atoms with E-state index < -0.39 is 0 Å². The number of rotatable bonds is 4. The first-order valence-electron chi connectivity index (χ1n) is 6.31. The van der Waals surface area contributed by atoms with Crippen LogP contribution >= 0.6 is 0 Å². The molecule has 0 aliphatic heterocycles. The summed E-state index contributed by atoms with van der Waals surface area (Å²) in [5.41, 5.74) is 25.7. The minimum atomic E-state index is 0.193. The van der Waals surface area contributed by atoms with E-state index in [1.807, 2.05) is 30.3 Å². The first-order valence-corrected chi connectivity index (χ1v) is 6.31. The summed E-state index contributed by atoms with van der Waals surface area (Å²) in [6.07, 6.45) is 1.63. The number of nitrogens with zero attached hydrogens (tertiary/aromatic N) is 2. The summed E-state index contributed by atoms with van der Waals surface area (Å²) in [7, 11) is 0. The standard InChI is InChI=1S/C14H19N7/c15-11(9-4-2-1-3-5-9)8-21(19)7-10-6-12(16)20-14(18)13(10)17/h1-6,8H,7,15,17,19H2,(H4,16,18,20)/b11-8-. The average molecular weight is 285 g/mol. The molecule has 1 aromatic heterocycles. The molecule has 0 amide bonds. The molecular formula is C14H19N7. The van der Waals surface area contributed by atoms with E-state index >= 15 is 0 Å². The minimum absolute atomic E-state index is 0.193. The molecular weight excluding hydrogens is 266 g/mol. The van der Waals surface area contributed by atoms with Gasteiger partial charge in [-0.25, -0.2) is 10.8 Å². The highest BCUT2D eigenvalue weighted by molar-refractivity contribution is 5.66. The third-order valence-corrected chi connectivity index (χ3v) is 2.96. The smallest absolute Gasteiger partial charge is 0.149 e. The van der Waals surface area contributed by atoms with E-state index in [1.165, 1.54) is 5.01 Å². The molecule has 1 aromatic carbocycles. The minimum Gasteiger partial charge on any atom is -0.397 e. The van der Waals surface area contributed by atoms with Crippen molar-refractivity contribution >= 4 is 23.0 Å². The lowest BCUT2D eigenvalue weighted by molar-refractivity contribution is 0.388. The molecule has 2 aromatic rings. The van der Waals surface area contributed by atoms with Crippen molar-refractivity contribution in [3.05, 3.63) is 53.7 Å². The zero-order chi connectivity index (χ0) is 15.4. The molecule has 0 bridgehead atoms. The normalized spacial score (nSPS) is 11.4. The van der Waals surface area contributed by atoms with Gasteiger partial charge in [0.1, 0.15) is 11.6 Å². The van der Waals surface area contributed by atoms with Crippen molar-refractivity contribution in [1.82, 2.24) is 9.99 Å². The maximum atomic E-state index is 5.99. The molecule has 0 fully saturated rings. The number of benzene rings is 1. The molecule has 0 saturated heterocycles. The van der Waals surface area contributed by atoms with Crippen molar-refractivity contribution in [3.8, 4) is 0 Å². The van der Waals surface area contributed by atoms with Crippen molar-refractivity contribution in [2.24, 2.45) is 11.6 Å². The van der Waals surface area contributed by atoms with Crippen LogP contribution in [0.4, 0.5) is 17.3 Å². The van der Waals surface area contributed by atoms with Crippen molar-refractivity contribution in [2.45, 2.75) is 6.54 Å². The van der Waals surface area contributed by atoms with Crippen LogP contribution in [0.1, 0.15) is 11.1 Å². The van der Waals surface area contributed by atoms with Gasteiger partial charge in [0, 0.05) is 11.8 Å². The molecule has 2 rings (SSSR count). The Bertz CT molecular complexity index is 652. The maximum Gasteiger partial charge on any atom is 0.149 e. The lowest BCUT2D eigenvalue weighted by atomic mass is 10.1. The van der Waals surface area contributed by atoms with Crippen LogP contribution < -0.4 is 28.8 Å². The van der Waals surface area contributed by atoms with Crippen LogP contribution in [0.3, 0.4) is 0 Å². The quantitative estimate of drug-likeness (QED) is 0.405. The molecule has 1 heterocycles. The SMILES string of the molecule is N/C(=C\N(N)Cc1cc(N)nc(N)c1N)c1ccccc1. The Morgan fingerprint density at radius 3 is 2.48 bits per heavy atom. The third kappa shape index (κ3) is 3.54. The summed E-state index contributed by atoms with van der Waals surface area (Å²) < 4.78 is 0. The topological polar surface area (TPSA) is 146 Å². The zero-order valence-electron chi connectivity index (χ0n) is 11.5. The van der Waals surface area contributed by atoms with Crippen LogP contribution in [0, 0.1) is 0 Å². The monoisotopic (exact) mass is 285 g/mol. The maximum absolute atomic E-state index is 5.99. The highest BCUT2D eigenvalue weighted by Gasteiger charge is 2.08. The van der Waals surface area contributed by atoms with Crippen LogP contribution in [0.5, 0.6) is 0 Å². The molecule has 7 heteroatoms. The lowest BCUT2D eigenvalue weighted by Gasteiger charge is -2.17. The van der Waals surface area contributed by atoms with E-state index in [4.69, 9.17) is 28.8 Å². The van der Waals surface area contributed by atoms with Gasteiger partial charge < -0.3 is 27.9 Å². The Kier molecular flexibility index (Phi) is 4.15. The third-order valence-electron chi connectivity index (χ3n) is 2.96. The Balaban J connectivity index is 2.17. The largest absolute Gasteiger partial charge is 0.397 e. The fourth-order valence-corrected chi connectivity index (χ4v) is 1.91. The summed E-state index contributed by atoms with van der Waals surface area (Å²) in [5, 5.41) is 1.42. The molecule has 0 radical (unpaired) electrons. The fourth-order valence-electron chi connectivity index (χ4n) is 1.91. The number of anilines is 3. The van der Waals surface area contributed by atoms with Gasteiger partial charge in [0.15, 0.2) is 0 Å². The van der Waals surface area contributed by atoms with Crippen LogP contribution in [0.2, 0.25) is 0 Å². The first kappa shape index (κ1) is 14.5. The number of nitrogen functional groups attached to an aromatic ring is 3. The summed E-state index contributed by atoms with van der Waals surface area (Å²) in [6, 6.07) is 11.2. The molecule has 110 valence electrons. The van der Waals surface area contributed by atoms with Crippen LogP contribution in [0.15, 0.2) is 42.6 Å². The van der Waals surface area contributed by atoms with E-state index in [9.17, 15) is 0 Å². The van der Waals surface area contributed by atoms with Crippen LogP contribution in [0.25, 0.3) is 5.70 Å². The Hall–Kier alpha value is -2.93. The molecule has 21 heavy (non-hydrogen) atoms. The van der Waals surface area contributed by atoms with E-state index in [-0.39, 0.29) is 5.82 Å². The van der Waals surface area contributed by atoms with Gasteiger partial charge >= 0.3 is 0 Å². The van der Waals surface area contributed by atoms with E-state index in [1.54, 1.807) is 12.3 Å².